The molecule has 2 unspecified atom stereocenters. The van der Waals surface area contributed by atoms with Gasteiger partial charge in [0.25, 0.3) is 0 Å². The summed E-state index contributed by atoms with van der Waals surface area (Å²) in [6.45, 7) is 1.95. The summed E-state index contributed by atoms with van der Waals surface area (Å²) in [6.07, 6.45) is 11.7. The average Bonchev–Trinajstić information content (AvgIpc) is 3.58. The SMILES string of the molecule is O=C(CSc1nnc(C2CC2)n1C1CC1)N1CCC2CCCCC2C1. The summed E-state index contributed by atoms with van der Waals surface area (Å²) in [7, 11) is 0. The van der Waals surface area contributed by atoms with Gasteiger partial charge in [0.2, 0.25) is 5.91 Å². The zero-order chi connectivity index (χ0) is 16.8. The van der Waals surface area contributed by atoms with Gasteiger partial charge < -0.3 is 9.47 Å². The van der Waals surface area contributed by atoms with Crippen LogP contribution in [-0.4, -0.2) is 44.4 Å². The van der Waals surface area contributed by atoms with Crippen LogP contribution in [-0.2, 0) is 4.79 Å². The summed E-state index contributed by atoms with van der Waals surface area (Å²) in [4.78, 5) is 14.9. The van der Waals surface area contributed by atoms with Crippen LogP contribution in [0.2, 0.25) is 0 Å². The molecular weight excluding hydrogens is 332 g/mol. The molecule has 4 aliphatic rings. The Labute approximate surface area is 153 Å². The quantitative estimate of drug-likeness (QED) is 0.753. The molecule has 3 saturated carbocycles. The Hall–Kier alpha value is -1.04. The number of nitrogens with zero attached hydrogens (tertiary/aromatic N) is 4. The van der Waals surface area contributed by atoms with Crippen LogP contribution in [0.4, 0.5) is 0 Å². The molecule has 1 aliphatic heterocycles. The normalized spacial score (nSPS) is 29.5. The van der Waals surface area contributed by atoms with E-state index in [1.54, 1.807) is 11.8 Å². The molecule has 5 rings (SSSR count). The summed E-state index contributed by atoms with van der Waals surface area (Å²) < 4.78 is 2.35. The number of thioether (sulfide) groups is 1. The number of carbonyl (C=O) groups is 1. The van der Waals surface area contributed by atoms with E-state index in [-0.39, 0.29) is 0 Å². The highest BCUT2D eigenvalue weighted by molar-refractivity contribution is 7.99. The molecule has 1 aromatic rings. The van der Waals surface area contributed by atoms with Gasteiger partial charge in [-0.25, -0.2) is 0 Å². The monoisotopic (exact) mass is 360 g/mol. The second-order valence-electron chi connectivity index (χ2n) is 8.44. The van der Waals surface area contributed by atoms with Gasteiger partial charge in [0.1, 0.15) is 5.82 Å². The van der Waals surface area contributed by atoms with E-state index in [0.29, 0.717) is 23.6 Å². The molecule has 3 aliphatic carbocycles. The predicted molar refractivity (Wildman–Crippen MR) is 97.6 cm³/mol. The fourth-order valence-electron chi connectivity index (χ4n) is 4.73. The Morgan fingerprint density at radius 1 is 1.00 bits per heavy atom. The smallest absolute Gasteiger partial charge is 0.233 e. The number of likely N-dealkylation sites (tertiary alicyclic amines) is 1. The van der Waals surface area contributed by atoms with Crippen LogP contribution in [0, 0.1) is 11.8 Å². The predicted octanol–water partition coefficient (Wildman–Crippen LogP) is 3.62. The van der Waals surface area contributed by atoms with Gasteiger partial charge in [0.05, 0.1) is 5.75 Å². The number of fused-ring (bicyclic) bond motifs is 1. The standard InChI is InChI=1S/C19H28N4OS/c24-17(22-10-9-13-3-1-2-4-15(13)11-22)12-25-19-21-20-18(14-5-6-14)23(19)16-7-8-16/h13-16H,1-12H2. The third-order valence-corrected chi connectivity index (χ3v) is 7.44. The number of carbonyl (C=O) groups excluding carboxylic acids is 1. The molecule has 0 bridgehead atoms. The van der Waals surface area contributed by atoms with Crippen molar-refractivity contribution >= 4 is 17.7 Å². The van der Waals surface area contributed by atoms with Crippen LogP contribution in [0.1, 0.15) is 75.6 Å². The Balaban J connectivity index is 1.21. The minimum atomic E-state index is 0.298. The van der Waals surface area contributed by atoms with Crippen LogP contribution in [0.5, 0.6) is 0 Å². The molecule has 1 amide bonds. The zero-order valence-electron chi connectivity index (χ0n) is 14.9. The third-order valence-electron chi connectivity index (χ3n) is 6.51. The lowest BCUT2D eigenvalue weighted by Crippen LogP contribution is -2.45. The molecule has 2 heterocycles. The highest BCUT2D eigenvalue weighted by atomic mass is 32.2. The molecule has 5 nitrogen and oxygen atoms in total. The minimum absolute atomic E-state index is 0.298. The minimum Gasteiger partial charge on any atom is -0.342 e. The lowest BCUT2D eigenvalue weighted by molar-refractivity contribution is -0.131. The highest BCUT2D eigenvalue weighted by Crippen LogP contribution is 2.46. The number of aromatic nitrogens is 3. The molecule has 2 atom stereocenters. The molecule has 6 heteroatoms. The molecule has 0 N–H and O–H groups in total. The Kier molecular flexibility index (Phi) is 4.27. The molecular formula is C19H28N4OS. The van der Waals surface area contributed by atoms with Crippen molar-refractivity contribution in [1.29, 1.82) is 0 Å². The van der Waals surface area contributed by atoms with Gasteiger partial charge in [-0.05, 0) is 50.4 Å². The van der Waals surface area contributed by atoms with Crippen molar-refractivity contribution in [2.45, 2.75) is 74.9 Å². The first-order chi connectivity index (χ1) is 12.3. The van der Waals surface area contributed by atoms with Crippen molar-refractivity contribution in [3.63, 3.8) is 0 Å². The van der Waals surface area contributed by atoms with E-state index in [1.165, 1.54) is 63.6 Å². The fourth-order valence-corrected chi connectivity index (χ4v) is 5.64. The molecule has 0 radical (unpaired) electrons. The average molecular weight is 361 g/mol. The van der Waals surface area contributed by atoms with Crippen LogP contribution in [0.3, 0.4) is 0 Å². The first-order valence-corrected chi connectivity index (χ1v) is 11.1. The van der Waals surface area contributed by atoms with E-state index in [4.69, 9.17) is 0 Å². The van der Waals surface area contributed by atoms with Gasteiger partial charge in [0, 0.05) is 25.0 Å². The highest BCUT2D eigenvalue weighted by Gasteiger charge is 2.37. The molecule has 4 fully saturated rings. The van der Waals surface area contributed by atoms with E-state index in [0.717, 1.165) is 30.1 Å². The topological polar surface area (TPSA) is 51.0 Å². The Bertz CT molecular complexity index is 652. The molecule has 25 heavy (non-hydrogen) atoms. The van der Waals surface area contributed by atoms with E-state index in [2.05, 4.69) is 19.7 Å². The first-order valence-electron chi connectivity index (χ1n) is 10.1. The van der Waals surface area contributed by atoms with E-state index in [9.17, 15) is 4.79 Å². The second-order valence-corrected chi connectivity index (χ2v) is 9.38. The van der Waals surface area contributed by atoms with Crippen LogP contribution < -0.4 is 0 Å². The van der Waals surface area contributed by atoms with Gasteiger partial charge in [-0.15, -0.1) is 10.2 Å². The van der Waals surface area contributed by atoms with Gasteiger partial charge >= 0.3 is 0 Å². The number of hydrogen-bond acceptors (Lipinski definition) is 4. The van der Waals surface area contributed by atoms with Crippen molar-refractivity contribution in [3.8, 4) is 0 Å². The number of amides is 1. The van der Waals surface area contributed by atoms with Crippen LogP contribution in [0.25, 0.3) is 0 Å². The Morgan fingerprint density at radius 2 is 1.80 bits per heavy atom. The zero-order valence-corrected chi connectivity index (χ0v) is 15.7. The van der Waals surface area contributed by atoms with Crippen molar-refractivity contribution in [2.75, 3.05) is 18.8 Å². The summed E-state index contributed by atoms with van der Waals surface area (Å²) >= 11 is 1.61. The maximum absolute atomic E-state index is 12.7. The van der Waals surface area contributed by atoms with Crippen molar-refractivity contribution in [1.82, 2.24) is 19.7 Å². The number of piperidine rings is 1. The largest absolute Gasteiger partial charge is 0.342 e. The van der Waals surface area contributed by atoms with Gasteiger partial charge in [-0.1, -0.05) is 31.0 Å². The lowest BCUT2D eigenvalue weighted by atomic mass is 9.75. The summed E-state index contributed by atoms with van der Waals surface area (Å²) in [5, 5.41) is 9.85. The summed E-state index contributed by atoms with van der Waals surface area (Å²) in [5.41, 5.74) is 0. The van der Waals surface area contributed by atoms with Crippen LogP contribution >= 0.6 is 11.8 Å². The molecule has 1 saturated heterocycles. The maximum Gasteiger partial charge on any atom is 0.233 e. The van der Waals surface area contributed by atoms with E-state index >= 15 is 0 Å². The van der Waals surface area contributed by atoms with Crippen molar-refractivity contribution < 1.29 is 4.79 Å². The van der Waals surface area contributed by atoms with Gasteiger partial charge in [0.15, 0.2) is 5.16 Å². The number of hydrogen-bond donors (Lipinski definition) is 0. The lowest BCUT2D eigenvalue weighted by Gasteiger charge is -2.41. The van der Waals surface area contributed by atoms with Gasteiger partial charge in [-0.3, -0.25) is 4.79 Å². The number of rotatable bonds is 5. The summed E-state index contributed by atoms with van der Waals surface area (Å²) in [6, 6.07) is 0.598. The Morgan fingerprint density at radius 3 is 2.56 bits per heavy atom. The van der Waals surface area contributed by atoms with Crippen LogP contribution in [0.15, 0.2) is 5.16 Å². The van der Waals surface area contributed by atoms with E-state index < -0.39 is 0 Å². The van der Waals surface area contributed by atoms with Crippen molar-refractivity contribution in [2.24, 2.45) is 11.8 Å². The summed E-state index contributed by atoms with van der Waals surface area (Å²) in [5.74, 6) is 4.27. The molecule has 0 spiro atoms. The third kappa shape index (κ3) is 3.34. The maximum atomic E-state index is 12.7. The molecule has 0 aromatic carbocycles. The molecule has 136 valence electrons. The van der Waals surface area contributed by atoms with Crippen molar-refractivity contribution in [3.05, 3.63) is 5.82 Å². The molecule has 1 aromatic heterocycles. The second kappa shape index (κ2) is 6.60. The fraction of sp³-hybridized carbons (Fsp3) is 0.842. The van der Waals surface area contributed by atoms with Gasteiger partial charge in [-0.2, -0.15) is 0 Å². The first kappa shape index (κ1) is 16.2. The van der Waals surface area contributed by atoms with E-state index in [1.807, 2.05) is 0 Å².